The second kappa shape index (κ2) is 10.5. The van der Waals surface area contributed by atoms with Gasteiger partial charge in [0.1, 0.15) is 6.07 Å². The molecule has 190 valence electrons. The first-order valence-corrected chi connectivity index (χ1v) is 12.1. The summed E-state index contributed by atoms with van der Waals surface area (Å²) in [5, 5.41) is 19.4. The van der Waals surface area contributed by atoms with Gasteiger partial charge in [0, 0.05) is 17.1 Å². The molecule has 0 amide bonds. The summed E-state index contributed by atoms with van der Waals surface area (Å²) in [5.41, 5.74) is 0.904. The number of carboxylic acid groups (broad SMARTS) is 1. The van der Waals surface area contributed by atoms with Crippen molar-refractivity contribution in [1.82, 2.24) is 4.98 Å². The van der Waals surface area contributed by atoms with E-state index in [1.807, 2.05) is 32.9 Å². The number of benzene rings is 3. The number of nitriles is 1. The second-order valence-corrected chi connectivity index (χ2v) is 10.0. The molecular weight excluding hydrogens is 517 g/mol. The molecule has 10 heteroatoms. The molecule has 0 aliphatic rings. The number of hydrogen-bond acceptors (Lipinski definition) is 5. The molecule has 4 rings (SSSR count). The van der Waals surface area contributed by atoms with Gasteiger partial charge in [0.25, 0.3) is 0 Å². The van der Waals surface area contributed by atoms with Gasteiger partial charge in [-0.25, -0.2) is 21.9 Å². The zero-order valence-corrected chi connectivity index (χ0v) is 21.8. The highest BCUT2D eigenvalue weighted by molar-refractivity contribution is 7.74. The molecule has 0 fully saturated rings. The van der Waals surface area contributed by atoms with Gasteiger partial charge in [-0.2, -0.15) is 5.26 Å². The van der Waals surface area contributed by atoms with Crippen molar-refractivity contribution in [3.63, 3.8) is 0 Å². The topological polar surface area (TPSA) is 111 Å². The van der Waals surface area contributed by atoms with E-state index in [0.717, 1.165) is 9.87 Å². The van der Waals surface area contributed by atoms with Crippen LogP contribution in [0, 0.1) is 17.1 Å². The molecule has 0 atom stereocenters. The lowest BCUT2D eigenvalue weighted by Gasteiger charge is -2.24. The molecule has 1 heterocycles. The first-order chi connectivity index (χ1) is 17.0. The van der Waals surface area contributed by atoms with E-state index >= 15 is 4.39 Å². The maximum Gasteiger partial charge on any atom is 0.337 e. The average molecular weight is 540 g/mol. The molecule has 0 saturated carbocycles. The van der Waals surface area contributed by atoms with Crippen LogP contribution in [0.4, 0.5) is 15.8 Å². The van der Waals surface area contributed by atoms with Crippen molar-refractivity contribution in [2.45, 2.75) is 26.2 Å². The van der Waals surface area contributed by atoms with Crippen LogP contribution in [0.1, 0.15) is 42.3 Å². The highest BCUT2D eigenvalue weighted by atomic mass is 35.5. The number of hydrogen-bond donors (Lipinski definition) is 2. The summed E-state index contributed by atoms with van der Waals surface area (Å²) < 4.78 is 41.8. The van der Waals surface area contributed by atoms with Gasteiger partial charge in [0.15, 0.2) is 5.82 Å². The number of anilines is 2. The minimum absolute atomic E-state index is 0. The van der Waals surface area contributed by atoms with E-state index < -0.39 is 22.7 Å². The van der Waals surface area contributed by atoms with Gasteiger partial charge in [-0.3, -0.25) is 4.98 Å². The number of halogens is 2. The Hall–Kier alpha value is -4.00. The van der Waals surface area contributed by atoms with E-state index in [0.29, 0.717) is 5.39 Å². The third kappa shape index (κ3) is 5.12. The van der Waals surface area contributed by atoms with Crippen LogP contribution >= 0.6 is 12.4 Å². The molecule has 0 bridgehead atoms. The summed E-state index contributed by atoms with van der Waals surface area (Å²) in [5.74, 6) is -2.13. The summed E-state index contributed by atoms with van der Waals surface area (Å²) >= 11 is 0. The Morgan fingerprint density at radius 1 is 1.05 bits per heavy atom. The van der Waals surface area contributed by atoms with Crippen molar-refractivity contribution in [1.29, 1.82) is 5.26 Å². The monoisotopic (exact) mass is 539 g/mol. The maximum atomic E-state index is 15.8. The molecule has 0 spiro atoms. The summed E-state index contributed by atoms with van der Waals surface area (Å²) in [4.78, 5) is 15.9. The fourth-order valence-corrected chi connectivity index (χ4v) is 4.74. The Labute approximate surface area is 221 Å². The first kappa shape index (κ1) is 27.6. The summed E-state index contributed by atoms with van der Waals surface area (Å²) in [7, 11) is -3.27. The van der Waals surface area contributed by atoms with Crippen LogP contribution in [0.3, 0.4) is 0 Å². The summed E-state index contributed by atoms with van der Waals surface area (Å²) in [6.07, 6.45) is 1.42. The Morgan fingerprint density at radius 3 is 2.30 bits per heavy atom. The third-order valence-corrected chi connectivity index (χ3v) is 6.65. The molecule has 0 aliphatic carbocycles. The van der Waals surface area contributed by atoms with Gasteiger partial charge >= 0.3 is 5.97 Å². The molecule has 0 radical (unpaired) electrons. The lowest BCUT2D eigenvalue weighted by atomic mass is 9.87. The van der Waals surface area contributed by atoms with E-state index in [4.69, 9.17) is 0 Å². The zero-order valence-electron chi connectivity index (χ0n) is 20.1. The van der Waals surface area contributed by atoms with E-state index in [2.05, 4.69) is 4.98 Å². The van der Waals surface area contributed by atoms with Gasteiger partial charge in [0.05, 0.1) is 28.0 Å². The van der Waals surface area contributed by atoms with E-state index in [1.54, 1.807) is 30.3 Å². The highest BCUT2D eigenvalue weighted by Gasteiger charge is 2.25. The van der Waals surface area contributed by atoms with Crippen molar-refractivity contribution in [2.75, 3.05) is 4.31 Å². The fraction of sp³-hybridized carbons (Fsp3) is 0.148. The van der Waals surface area contributed by atoms with Crippen molar-refractivity contribution >= 4 is 51.5 Å². The van der Waals surface area contributed by atoms with E-state index in [-0.39, 0.29) is 57.0 Å². The second-order valence-electron chi connectivity index (χ2n) is 9.14. The predicted molar refractivity (Wildman–Crippen MR) is 144 cm³/mol. The van der Waals surface area contributed by atoms with Gasteiger partial charge in [-0.05, 0) is 52.9 Å². The average Bonchev–Trinajstić information content (AvgIpc) is 2.83. The maximum absolute atomic E-state index is 15.8. The van der Waals surface area contributed by atoms with Crippen LogP contribution in [-0.2, 0) is 16.3 Å². The van der Waals surface area contributed by atoms with E-state index in [9.17, 15) is 23.6 Å². The van der Waals surface area contributed by atoms with Crippen LogP contribution in [0.25, 0.3) is 22.0 Å². The number of carboxylic acids is 1. The number of pyridine rings is 1. The summed E-state index contributed by atoms with van der Waals surface area (Å²) in [6.45, 7) is 6.09. The number of aromatic nitrogens is 1. The Kier molecular flexibility index (Phi) is 7.86. The number of aromatic carboxylic acids is 1. The Morgan fingerprint density at radius 2 is 1.73 bits per heavy atom. The van der Waals surface area contributed by atoms with Gasteiger partial charge < -0.3 is 5.11 Å². The normalized spacial score (nSPS) is 11.1. The van der Waals surface area contributed by atoms with Crippen molar-refractivity contribution in [3.8, 4) is 17.2 Å². The van der Waals surface area contributed by atoms with Crippen LogP contribution in [0.2, 0.25) is 0 Å². The molecule has 1 N–H and O–H groups in total. The Balaban J connectivity index is 0.00000380. The van der Waals surface area contributed by atoms with Gasteiger partial charge in [0.2, 0.25) is 10.9 Å². The van der Waals surface area contributed by atoms with Crippen LogP contribution in [0.15, 0.2) is 66.9 Å². The standard InChI is InChI=1S/C27H22FN3O4S.ClH/c1-27(2,3)17-7-9-18(10-8-17)31(36(34)35)22-13-6-16(15-29)24(28)23(22)19-11-12-21(26(32)33)25-20(19)5-4-14-30-25;/h4-14,36H,1-3H3,(H,32,33);1H. The predicted octanol–water partition coefficient (Wildman–Crippen LogP) is 5.99. The van der Waals surface area contributed by atoms with Crippen molar-refractivity contribution in [3.05, 3.63) is 89.4 Å². The minimum Gasteiger partial charge on any atom is -0.478 e. The minimum atomic E-state index is -3.27. The number of thiol groups is 1. The molecule has 0 aliphatic heterocycles. The molecule has 1 aromatic heterocycles. The van der Waals surface area contributed by atoms with Crippen LogP contribution < -0.4 is 4.31 Å². The molecular formula is C27H23ClFN3O4S. The molecule has 0 unspecified atom stereocenters. The summed E-state index contributed by atoms with van der Waals surface area (Å²) in [6, 6.07) is 17.1. The molecule has 0 saturated heterocycles. The molecule has 37 heavy (non-hydrogen) atoms. The quantitative estimate of drug-likeness (QED) is 0.301. The number of rotatable bonds is 5. The van der Waals surface area contributed by atoms with Crippen LogP contribution in [-0.4, -0.2) is 24.5 Å². The van der Waals surface area contributed by atoms with Gasteiger partial charge in [-0.1, -0.05) is 45.0 Å². The van der Waals surface area contributed by atoms with Crippen molar-refractivity contribution in [2.24, 2.45) is 0 Å². The number of nitrogens with zero attached hydrogens (tertiary/aromatic N) is 3. The Bertz CT molecular complexity index is 1620. The smallest absolute Gasteiger partial charge is 0.337 e. The zero-order chi connectivity index (χ0) is 26.2. The SMILES string of the molecule is CC(C)(C)c1ccc(N(c2ccc(C#N)c(F)c2-c2ccc(C(=O)O)c3ncccc23)[SH](=O)=O)cc1.Cl. The highest BCUT2D eigenvalue weighted by Crippen LogP contribution is 2.42. The number of fused-ring (bicyclic) bond motifs is 1. The van der Waals surface area contributed by atoms with Crippen molar-refractivity contribution < 1.29 is 22.7 Å². The largest absolute Gasteiger partial charge is 0.478 e. The molecule has 7 nitrogen and oxygen atoms in total. The van der Waals surface area contributed by atoms with Crippen LogP contribution in [0.5, 0.6) is 0 Å². The lowest BCUT2D eigenvalue weighted by Crippen LogP contribution is -2.17. The number of carbonyl (C=O) groups is 1. The first-order valence-electron chi connectivity index (χ1n) is 10.9. The fourth-order valence-electron chi connectivity index (χ4n) is 4.07. The molecule has 3 aromatic carbocycles. The van der Waals surface area contributed by atoms with E-state index in [1.165, 1.54) is 30.5 Å². The molecule has 4 aromatic rings. The van der Waals surface area contributed by atoms with Gasteiger partial charge in [-0.15, -0.1) is 12.4 Å². The third-order valence-electron chi connectivity index (χ3n) is 5.88. The lowest BCUT2D eigenvalue weighted by molar-refractivity contribution is 0.0699.